The first-order chi connectivity index (χ1) is 21.1. The summed E-state index contributed by atoms with van der Waals surface area (Å²) in [6.07, 6.45) is -0.340. The van der Waals surface area contributed by atoms with Crippen LogP contribution in [0.25, 0.3) is 0 Å². The molecule has 2 atom stereocenters. The highest BCUT2D eigenvalue weighted by Gasteiger charge is 2.27. The lowest BCUT2D eigenvalue weighted by Gasteiger charge is -2.23. The van der Waals surface area contributed by atoms with E-state index in [1.807, 2.05) is 6.92 Å². The zero-order chi connectivity index (χ0) is 32.7. The number of rotatable bonds is 22. The molecule has 0 spiro atoms. The van der Waals surface area contributed by atoms with E-state index in [9.17, 15) is 19.2 Å². The molecule has 0 aliphatic carbocycles. The summed E-state index contributed by atoms with van der Waals surface area (Å²) in [4.78, 5) is 51.2. The van der Waals surface area contributed by atoms with Crippen LogP contribution in [-0.4, -0.2) is 115 Å². The Balaban J connectivity index is 2.36. The Hall–Kier alpha value is -3.46. The molecule has 0 unspecified atom stereocenters. The van der Waals surface area contributed by atoms with Crippen LogP contribution >= 0.6 is 0 Å². The van der Waals surface area contributed by atoms with Crippen LogP contribution in [0.2, 0.25) is 0 Å². The molecule has 1 aromatic carbocycles. The molecule has 0 fully saturated rings. The van der Waals surface area contributed by atoms with Crippen LogP contribution in [0.5, 0.6) is 0 Å². The molecule has 250 valence electrons. The van der Waals surface area contributed by atoms with E-state index in [2.05, 4.69) is 16.0 Å². The average Bonchev–Trinajstić information content (AvgIpc) is 2.99. The molecule has 0 aliphatic heterocycles. The zero-order valence-corrected chi connectivity index (χ0v) is 26.8. The molecule has 4 amide bonds. The molecule has 3 N–H and O–H groups in total. The van der Waals surface area contributed by atoms with Crippen molar-refractivity contribution in [2.24, 2.45) is 5.92 Å². The van der Waals surface area contributed by atoms with Crippen molar-refractivity contribution in [3.63, 3.8) is 0 Å². The Morgan fingerprint density at radius 3 is 1.89 bits per heavy atom. The zero-order valence-electron chi connectivity index (χ0n) is 26.8. The van der Waals surface area contributed by atoms with Gasteiger partial charge in [-0.05, 0) is 37.0 Å². The molecule has 0 heterocycles. The number of hydrogen-bond acceptors (Lipinski definition) is 10. The lowest BCUT2D eigenvalue weighted by Crippen LogP contribution is -2.53. The minimum Gasteiger partial charge on any atom is -0.447 e. The molecule has 1 rings (SSSR count). The van der Waals surface area contributed by atoms with Gasteiger partial charge in [0.25, 0.3) is 0 Å². The SMILES string of the molecule is CCCN(C)C(=O)OCc1ccc(NC(=O)[C@H](C)NC(=O)[C@@H](NC(=O)OCCOCCOCCOCCOC)C(C)C)cc1. The van der Waals surface area contributed by atoms with Gasteiger partial charge in [0.05, 0.1) is 46.2 Å². The van der Waals surface area contributed by atoms with Crippen molar-refractivity contribution in [1.29, 1.82) is 0 Å². The third-order valence-electron chi connectivity index (χ3n) is 6.07. The lowest BCUT2D eigenvalue weighted by atomic mass is 10.0. The van der Waals surface area contributed by atoms with E-state index in [4.69, 9.17) is 28.4 Å². The fourth-order valence-corrected chi connectivity index (χ4v) is 3.57. The number of nitrogens with zero attached hydrogens (tertiary/aromatic N) is 1. The number of ether oxygens (including phenoxy) is 6. The fourth-order valence-electron chi connectivity index (χ4n) is 3.57. The predicted molar refractivity (Wildman–Crippen MR) is 163 cm³/mol. The molecule has 0 saturated carbocycles. The Bertz CT molecular complexity index is 977. The highest BCUT2D eigenvalue weighted by atomic mass is 16.6. The molecule has 14 nitrogen and oxygen atoms in total. The van der Waals surface area contributed by atoms with Crippen molar-refractivity contribution in [1.82, 2.24) is 15.5 Å². The van der Waals surface area contributed by atoms with Gasteiger partial charge in [-0.2, -0.15) is 0 Å². The van der Waals surface area contributed by atoms with Crippen molar-refractivity contribution >= 4 is 29.7 Å². The third-order valence-corrected chi connectivity index (χ3v) is 6.07. The summed E-state index contributed by atoms with van der Waals surface area (Å²) in [7, 11) is 3.28. The molecule has 0 saturated heterocycles. The number of hydrogen-bond donors (Lipinski definition) is 3. The van der Waals surface area contributed by atoms with Gasteiger partial charge in [-0.1, -0.05) is 32.9 Å². The topological polar surface area (TPSA) is 163 Å². The Morgan fingerprint density at radius 2 is 1.34 bits per heavy atom. The van der Waals surface area contributed by atoms with Gasteiger partial charge >= 0.3 is 12.2 Å². The number of carbonyl (C=O) groups is 4. The second-order valence-electron chi connectivity index (χ2n) is 10.2. The summed E-state index contributed by atoms with van der Waals surface area (Å²) in [5.41, 5.74) is 1.27. The van der Waals surface area contributed by atoms with E-state index >= 15 is 0 Å². The van der Waals surface area contributed by atoms with E-state index in [-0.39, 0.29) is 25.7 Å². The van der Waals surface area contributed by atoms with Crippen LogP contribution in [0.3, 0.4) is 0 Å². The van der Waals surface area contributed by atoms with Crippen molar-refractivity contribution in [2.45, 2.75) is 52.8 Å². The number of methoxy groups -OCH3 is 1. The van der Waals surface area contributed by atoms with Crippen LogP contribution in [0.4, 0.5) is 15.3 Å². The average molecular weight is 627 g/mol. The molecule has 0 radical (unpaired) electrons. The highest BCUT2D eigenvalue weighted by Crippen LogP contribution is 2.12. The monoisotopic (exact) mass is 626 g/mol. The van der Waals surface area contributed by atoms with E-state index in [0.29, 0.717) is 51.9 Å². The largest absolute Gasteiger partial charge is 0.447 e. The van der Waals surface area contributed by atoms with Gasteiger partial charge in [-0.15, -0.1) is 0 Å². The number of anilines is 1. The molecule has 1 aromatic rings. The van der Waals surface area contributed by atoms with Crippen LogP contribution in [-0.2, 0) is 44.6 Å². The number of carbonyl (C=O) groups excluding carboxylic acids is 4. The number of alkyl carbamates (subject to hydrolysis) is 1. The van der Waals surface area contributed by atoms with Crippen LogP contribution in [0, 0.1) is 5.92 Å². The van der Waals surface area contributed by atoms with Crippen molar-refractivity contribution in [2.75, 3.05) is 78.9 Å². The van der Waals surface area contributed by atoms with Gasteiger partial charge in [-0.25, -0.2) is 9.59 Å². The number of nitrogens with one attached hydrogen (secondary N) is 3. The number of amides is 4. The second kappa shape index (κ2) is 23.0. The maximum atomic E-state index is 12.9. The van der Waals surface area contributed by atoms with Gasteiger partial charge in [0.1, 0.15) is 25.3 Å². The van der Waals surface area contributed by atoms with Crippen LogP contribution in [0.15, 0.2) is 24.3 Å². The first-order valence-electron chi connectivity index (χ1n) is 14.8. The summed E-state index contributed by atoms with van der Waals surface area (Å²) < 4.78 is 31.3. The number of benzene rings is 1. The summed E-state index contributed by atoms with van der Waals surface area (Å²) >= 11 is 0. The standard InChI is InChI=1S/C30H50N4O10/c1-7-12-34(5)30(38)44-21-24-8-10-25(11-9-24)32-27(35)23(4)31-28(36)26(22(2)3)33-29(37)43-20-19-42-18-17-41-16-15-40-14-13-39-6/h8-11,22-23,26H,7,12-21H2,1-6H3,(H,31,36)(H,32,35)(H,33,37)/t23-,26-/m0/s1. The van der Waals surface area contributed by atoms with Gasteiger partial charge in [-0.3, -0.25) is 9.59 Å². The van der Waals surface area contributed by atoms with Crippen LogP contribution in [0.1, 0.15) is 39.7 Å². The van der Waals surface area contributed by atoms with E-state index < -0.39 is 36.1 Å². The molecule has 0 bridgehead atoms. The second-order valence-corrected chi connectivity index (χ2v) is 10.2. The van der Waals surface area contributed by atoms with Gasteiger partial charge in [0.2, 0.25) is 11.8 Å². The first-order valence-corrected chi connectivity index (χ1v) is 14.8. The van der Waals surface area contributed by atoms with E-state index in [1.165, 1.54) is 4.90 Å². The summed E-state index contributed by atoms with van der Waals surface area (Å²) in [6, 6.07) is 5.02. The quantitative estimate of drug-likeness (QED) is 0.163. The predicted octanol–water partition coefficient (Wildman–Crippen LogP) is 2.56. The molecular formula is C30H50N4O10. The minimum absolute atomic E-state index is 0.00562. The first kappa shape index (κ1) is 38.6. The third kappa shape index (κ3) is 17.0. The maximum absolute atomic E-state index is 12.9. The Labute approximate surface area is 260 Å². The van der Waals surface area contributed by atoms with Gasteiger partial charge < -0.3 is 49.3 Å². The smallest absolute Gasteiger partial charge is 0.409 e. The van der Waals surface area contributed by atoms with Crippen LogP contribution < -0.4 is 16.0 Å². The normalized spacial score (nSPS) is 12.2. The van der Waals surface area contributed by atoms with Gasteiger partial charge in [0, 0.05) is 26.4 Å². The molecule has 0 aromatic heterocycles. The minimum atomic E-state index is -0.920. The molecule has 0 aliphatic rings. The molecular weight excluding hydrogens is 576 g/mol. The highest BCUT2D eigenvalue weighted by molar-refractivity contribution is 5.98. The summed E-state index contributed by atoms with van der Waals surface area (Å²) in [6.45, 7) is 10.6. The van der Waals surface area contributed by atoms with Gasteiger partial charge in [0.15, 0.2) is 0 Å². The summed E-state index contributed by atoms with van der Waals surface area (Å²) in [5, 5.41) is 7.91. The van der Waals surface area contributed by atoms with E-state index in [0.717, 1.165) is 12.0 Å². The molecule has 44 heavy (non-hydrogen) atoms. The van der Waals surface area contributed by atoms with Crippen molar-refractivity contribution < 1.29 is 47.6 Å². The summed E-state index contributed by atoms with van der Waals surface area (Å²) in [5.74, 6) is -1.24. The fraction of sp³-hybridized carbons (Fsp3) is 0.667. The molecule has 14 heteroatoms. The Morgan fingerprint density at radius 1 is 0.773 bits per heavy atom. The Kier molecular flexibility index (Phi) is 20.2. The van der Waals surface area contributed by atoms with Crippen molar-refractivity contribution in [3.8, 4) is 0 Å². The van der Waals surface area contributed by atoms with E-state index in [1.54, 1.807) is 59.2 Å². The van der Waals surface area contributed by atoms with Crippen molar-refractivity contribution in [3.05, 3.63) is 29.8 Å². The lowest BCUT2D eigenvalue weighted by molar-refractivity contribution is -0.128. The maximum Gasteiger partial charge on any atom is 0.409 e.